The quantitative estimate of drug-likeness (QED) is 0.280. The number of fused-ring (bicyclic) bond motifs is 2. The van der Waals surface area contributed by atoms with E-state index in [1.165, 1.54) is 0 Å². The van der Waals surface area contributed by atoms with Crippen molar-refractivity contribution in [2.45, 2.75) is 42.9 Å². The van der Waals surface area contributed by atoms with Crippen molar-refractivity contribution in [3.05, 3.63) is 33.9 Å². The van der Waals surface area contributed by atoms with Gasteiger partial charge in [-0.1, -0.05) is 31.7 Å². The zero-order valence-electron chi connectivity index (χ0n) is 15.9. The third-order valence-electron chi connectivity index (χ3n) is 4.51. The highest BCUT2D eigenvalue weighted by molar-refractivity contribution is 14.1. The normalized spacial score (nSPS) is 13.0. The van der Waals surface area contributed by atoms with E-state index >= 15 is 0 Å². The minimum absolute atomic E-state index is 0.275. The summed E-state index contributed by atoms with van der Waals surface area (Å²) in [6.07, 6.45) is 1.02. The number of aryl methyl sites for hydroxylation is 1. The number of nitrogens with one attached hydrogen (secondary N) is 1. The molecule has 0 aliphatic carbocycles. The molecule has 0 amide bonds. The Morgan fingerprint density at radius 2 is 2.07 bits per heavy atom. The minimum Gasteiger partial charge on any atom is -0.454 e. The van der Waals surface area contributed by atoms with Crippen LogP contribution in [0.25, 0.3) is 11.0 Å². The monoisotopic (exact) mass is 506 g/mol. The smallest absolute Gasteiger partial charge is 0.231 e. The van der Waals surface area contributed by atoms with Crippen molar-refractivity contribution in [2.75, 3.05) is 19.1 Å². The number of nitrogen functional groups attached to an aromatic ring is 1. The third kappa shape index (κ3) is 4.04. The molecule has 0 spiro atoms. The highest BCUT2D eigenvalue weighted by Gasteiger charge is 2.20. The van der Waals surface area contributed by atoms with E-state index in [9.17, 15) is 0 Å². The summed E-state index contributed by atoms with van der Waals surface area (Å²) < 4.78 is 14.4. The molecule has 1 aliphatic heterocycles. The molecular weight excluding hydrogens is 483 g/mol. The Morgan fingerprint density at radius 1 is 1.29 bits per heavy atom. The number of halogens is 1. The van der Waals surface area contributed by atoms with Crippen molar-refractivity contribution >= 4 is 51.1 Å². The van der Waals surface area contributed by atoms with Gasteiger partial charge in [-0.2, -0.15) is 0 Å². The molecule has 3 aromatic rings. The maximum Gasteiger partial charge on any atom is 0.231 e. The van der Waals surface area contributed by atoms with Crippen LogP contribution in [0.2, 0.25) is 0 Å². The first-order valence-electron chi connectivity index (χ1n) is 9.28. The number of anilines is 1. The van der Waals surface area contributed by atoms with Gasteiger partial charge in [0.25, 0.3) is 0 Å². The van der Waals surface area contributed by atoms with E-state index in [0.717, 1.165) is 55.7 Å². The molecule has 0 fully saturated rings. The van der Waals surface area contributed by atoms with E-state index < -0.39 is 0 Å². The van der Waals surface area contributed by atoms with Gasteiger partial charge in [-0.15, -0.1) is 0 Å². The lowest BCUT2D eigenvalue weighted by molar-refractivity contribution is 0.174. The molecular formula is C20H23IN4O2S. The maximum absolute atomic E-state index is 6.19. The van der Waals surface area contributed by atoms with Crippen LogP contribution in [0.15, 0.2) is 40.4 Å². The summed E-state index contributed by atoms with van der Waals surface area (Å²) in [6.45, 7) is 6.44. The Kier molecular flexibility index (Phi) is 5.88. The summed E-state index contributed by atoms with van der Waals surface area (Å²) in [5, 5.41) is 4.42. The number of benzene rings is 2. The summed E-state index contributed by atoms with van der Waals surface area (Å²) in [4.78, 5) is 5.96. The predicted octanol–water partition coefficient (Wildman–Crippen LogP) is 4.49. The number of para-hydroxylation sites is 1. The van der Waals surface area contributed by atoms with Crippen LogP contribution in [0, 0.1) is 3.57 Å². The van der Waals surface area contributed by atoms with E-state index in [4.69, 9.17) is 20.2 Å². The summed E-state index contributed by atoms with van der Waals surface area (Å²) in [5.41, 5.74) is 8.83. The Balaban J connectivity index is 1.66. The van der Waals surface area contributed by atoms with Crippen molar-refractivity contribution in [1.29, 1.82) is 0 Å². The summed E-state index contributed by atoms with van der Waals surface area (Å²) in [5.74, 6) is 1.58. The molecule has 0 radical (unpaired) electrons. The number of nitrogens with two attached hydrogens (primary N) is 1. The Hall–Kier alpha value is -1.65. The standard InChI is InChI=1S/C20H23IN4O2S/c1-12(2)23-7-4-8-25-15-6-3-5-14(22)19(15)24-20(25)28-18-10-17-16(9-13(18)21)26-11-27-17/h3,5-6,9-10,12,23H,4,7-8,11,22H2,1-2H3/i21-4. The number of ether oxygens (including phenoxy) is 2. The highest BCUT2D eigenvalue weighted by Crippen LogP contribution is 2.41. The molecule has 0 saturated heterocycles. The molecule has 1 aromatic heterocycles. The molecule has 1 aliphatic rings. The molecule has 0 bridgehead atoms. The molecule has 6 nitrogen and oxygen atoms in total. The average molecular weight is 506 g/mol. The molecule has 0 unspecified atom stereocenters. The van der Waals surface area contributed by atoms with Gasteiger partial charge in [0.1, 0.15) is 5.52 Å². The fourth-order valence-electron chi connectivity index (χ4n) is 3.14. The van der Waals surface area contributed by atoms with Gasteiger partial charge in [-0.3, -0.25) is 0 Å². The van der Waals surface area contributed by atoms with E-state index in [0.29, 0.717) is 11.7 Å². The van der Waals surface area contributed by atoms with Crippen LogP contribution < -0.4 is 20.5 Å². The second-order valence-corrected chi connectivity index (χ2v) is 9.13. The van der Waals surface area contributed by atoms with Gasteiger partial charge >= 0.3 is 0 Å². The van der Waals surface area contributed by atoms with E-state index in [1.54, 1.807) is 11.8 Å². The lowest BCUT2D eigenvalue weighted by Gasteiger charge is -2.12. The topological polar surface area (TPSA) is 74.3 Å². The molecule has 2 aromatic carbocycles. The second kappa shape index (κ2) is 8.38. The third-order valence-corrected chi connectivity index (χ3v) is 6.82. The van der Waals surface area contributed by atoms with E-state index in [2.05, 4.69) is 52.4 Å². The first-order chi connectivity index (χ1) is 13.5. The number of imidazole rings is 1. The van der Waals surface area contributed by atoms with Gasteiger partial charge < -0.3 is 25.1 Å². The average Bonchev–Trinajstić information content (AvgIpc) is 3.24. The molecule has 148 valence electrons. The number of aromatic nitrogens is 2. The minimum atomic E-state index is 0.275. The van der Waals surface area contributed by atoms with Gasteiger partial charge in [-0.05, 0) is 59.8 Å². The fraction of sp³-hybridized carbons (Fsp3) is 0.350. The summed E-state index contributed by atoms with van der Waals surface area (Å²) in [6, 6.07) is 10.5. The molecule has 8 heteroatoms. The van der Waals surface area contributed by atoms with Gasteiger partial charge in [0, 0.05) is 21.1 Å². The molecule has 4 rings (SSSR count). The largest absolute Gasteiger partial charge is 0.454 e. The van der Waals surface area contributed by atoms with E-state index in [-0.39, 0.29) is 6.79 Å². The number of hydrogen-bond acceptors (Lipinski definition) is 6. The predicted molar refractivity (Wildman–Crippen MR) is 121 cm³/mol. The summed E-state index contributed by atoms with van der Waals surface area (Å²) in [7, 11) is 0. The maximum atomic E-state index is 6.19. The number of hydrogen-bond donors (Lipinski definition) is 2. The van der Waals surface area contributed by atoms with Crippen LogP contribution in [0.3, 0.4) is 0 Å². The summed E-state index contributed by atoms with van der Waals surface area (Å²) >= 11 is 3.97. The Labute approximate surface area is 182 Å². The molecule has 3 N–H and O–H groups in total. The van der Waals surface area contributed by atoms with Crippen LogP contribution in [0.4, 0.5) is 5.69 Å². The molecule has 28 heavy (non-hydrogen) atoms. The van der Waals surface area contributed by atoms with Crippen LogP contribution in [0.5, 0.6) is 11.5 Å². The fourth-order valence-corrected chi connectivity index (χ4v) is 4.87. The Bertz CT molecular complexity index is 1010. The lowest BCUT2D eigenvalue weighted by Crippen LogP contribution is -2.24. The van der Waals surface area contributed by atoms with Crippen molar-refractivity contribution in [1.82, 2.24) is 14.9 Å². The Morgan fingerprint density at radius 3 is 2.86 bits per heavy atom. The zero-order chi connectivity index (χ0) is 19.7. The van der Waals surface area contributed by atoms with Gasteiger partial charge in [0.15, 0.2) is 16.7 Å². The van der Waals surface area contributed by atoms with Crippen LogP contribution in [-0.2, 0) is 6.54 Å². The van der Waals surface area contributed by atoms with Gasteiger partial charge in [0.2, 0.25) is 6.79 Å². The van der Waals surface area contributed by atoms with E-state index in [1.807, 2.05) is 24.3 Å². The van der Waals surface area contributed by atoms with Crippen LogP contribution >= 0.6 is 34.4 Å². The second-order valence-electron chi connectivity index (χ2n) is 6.96. The van der Waals surface area contributed by atoms with Crippen molar-refractivity contribution in [3.63, 3.8) is 0 Å². The zero-order valence-corrected chi connectivity index (χ0v) is 18.8. The van der Waals surface area contributed by atoms with Gasteiger partial charge in [-0.25, -0.2) is 4.98 Å². The van der Waals surface area contributed by atoms with Crippen LogP contribution in [-0.4, -0.2) is 28.9 Å². The van der Waals surface area contributed by atoms with Crippen molar-refractivity contribution in [3.8, 4) is 11.5 Å². The van der Waals surface area contributed by atoms with Crippen molar-refractivity contribution < 1.29 is 9.47 Å². The number of rotatable bonds is 7. The first-order valence-corrected chi connectivity index (χ1v) is 11.2. The molecule has 0 saturated carbocycles. The highest BCUT2D eigenvalue weighted by atomic mass is 123. The van der Waals surface area contributed by atoms with Crippen molar-refractivity contribution in [2.24, 2.45) is 0 Å². The number of nitrogens with zero attached hydrogens (tertiary/aromatic N) is 2. The molecule has 0 atom stereocenters. The van der Waals surface area contributed by atoms with Crippen LogP contribution in [0.1, 0.15) is 20.3 Å². The SMILES string of the molecule is CC(C)NCCCn1c(Sc2cc3c(cc2[123I])OCO3)nc2c(N)cccc21. The first kappa shape index (κ1) is 19.7. The lowest BCUT2D eigenvalue weighted by atomic mass is 10.2. The molecule has 2 heterocycles. The van der Waals surface area contributed by atoms with Gasteiger partial charge in [0.05, 0.1) is 11.2 Å².